The number of allylic oxidation sites excluding steroid dienone is 2. The number of carbonyl (C=O) groups excluding carboxylic acids is 1. The van der Waals surface area contributed by atoms with Gasteiger partial charge in [-0.25, -0.2) is 4.98 Å². The summed E-state index contributed by atoms with van der Waals surface area (Å²) in [6.45, 7) is 0.0276. The van der Waals surface area contributed by atoms with Crippen LogP contribution in [0.15, 0.2) is 59.4 Å². The molecular weight excluding hydrogens is 600 g/mol. The molecule has 3 aromatic rings. The summed E-state index contributed by atoms with van der Waals surface area (Å²) in [4.78, 5) is 35.6. The van der Waals surface area contributed by atoms with Crippen LogP contribution in [-0.4, -0.2) is 38.6 Å². The molecule has 6 nitrogen and oxygen atoms in total. The molecule has 1 saturated carbocycles. The van der Waals surface area contributed by atoms with E-state index in [0.717, 1.165) is 47.7 Å². The maximum atomic E-state index is 13.4. The van der Waals surface area contributed by atoms with Gasteiger partial charge in [-0.15, -0.1) is 0 Å². The Morgan fingerprint density at radius 2 is 1.80 bits per heavy atom. The topological polar surface area (TPSA) is 86.3 Å². The smallest absolute Gasteiger partial charge is 0.378 e. The van der Waals surface area contributed by atoms with Gasteiger partial charge < -0.3 is 15.0 Å². The Hall–Kier alpha value is -3.93. The van der Waals surface area contributed by atoms with E-state index in [9.17, 15) is 41.0 Å². The minimum atomic E-state index is -4.63. The van der Waals surface area contributed by atoms with Gasteiger partial charge in [0.15, 0.2) is 6.10 Å². The number of halogens is 6. The van der Waals surface area contributed by atoms with Crippen molar-refractivity contribution in [3.05, 3.63) is 104 Å². The van der Waals surface area contributed by atoms with Crippen LogP contribution >= 0.6 is 0 Å². The molecule has 3 aliphatic rings. The number of H-pyrrole nitrogens is 1. The van der Waals surface area contributed by atoms with Gasteiger partial charge in [-0.3, -0.25) is 9.59 Å². The molecule has 1 aromatic heterocycles. The van der Waals surface area contributed by atoms with E-state index in [1.807, 2.05) is 24.3 Å². The fourth-order valence-corrected chi connectivity index (χ4v) is 6.43. The van der Waals surface area contributed by atoms with Crippen LogP contribution in [0.5, 0.6) is 0 Å². The lowest BCUT2D eigenvalue weighted by molar-refractivity contribution is -0.175. The quantitative estimate of drug-likeness (QED) is 0.310. The maximum Gasteiger partial charge on any atom is 0.416 e. The zero-order chi connectivity index (χ0) is 32.1. The number of aliphatic hydroxyl groups excluding tert-OH is 1. The van der Waals surface area contributed by atoms with Crippen LogP contribution in [0.4, 0.5) is 26.3 Å². The lowest BCUT2D eigenvalue weighted by Crippen LogP contribution is -2.36. The summed E-state index contributed by atoms with van der Waals surface area (Å²) in [7, 11) is 0. The average molecular weight is 632 g/mol. The summed E-state index contributed by atoms with van der Waals surface area (Å²) >= 11 is 0. The van der Waals surface area contributed by atoms with Gasteiger partial charge in [0.25, 0.3) is 11.5 Å². The summed E-state index contributed by atoms with van der Waals surface area (Å²) in [6, 6.07) is 11.6. The highest BCUT2D eigenvalue weighted by Crippen LogP contribution is 2.52. The number of hydrogen-bond acceptors (Lipinski definition) is 4. The largest absolute Gasteiger partial charge is 0.416 e. The van der Waals surface area contributed by atoms with E-state index in [2.05, 4.69) is 4.98 Å². The molecule has 2 aromatic carbocycles. The highest BCUT2D eigenvalue weighted by atomic mass is 19.4. The SMILES string of the molecule is O=C([C@H](O)c1cccc(C(F)(F)F)c1)N1CCCc2nc(C3(c4cccc(C5=CCC(C(F)(F)F)CC5)c4)CC3)[nH]c(=O)c2C1. The Labute approximate surface area is 254 Å². The molecule has 1 aliphatic heterocycles. The van der Waals surface area contributed by atoms with Gasteiger partial charge in [0.1, 0.15) is 5.82 Å². The number of aryl methyl sites for hydroxylation is 1. The number of fused-ring (bicyclic) bond motifs is 1. The molecule has 45 heavy (non-hydrogen) atoms. The van der Waals surface area contributed by atoms with E-state index in [-0.39, 0.29) is 37.1 Å². The van der Waals surface area contributed by atoms with Crippen molar-refractivity contribution < 1.29 is 36.2 Å². The van der Waals surface area contributed by atoms with Crippen molar-refractivity contribution in [2.45, 2.75) is 75.4 Å². The van der Waals surface area contributed by atoms with Crippen LogP contribution in [0.1, 0.15) is 84.0 Å². The van der Waals surface area contributed by atoms with Gasteiger partial charge >= 0.3 is 12.4 Å². The summed E-state index contributed by atoms with van der Waals surface area (Å²) < 4.78 is 79.0. The second-order valence-corrected chi connectivity index (χ2v) is 12.1. The predicted octanol–water partition coefficient (Wildman–Crippen LogP) is 6.62. The van der Waals surface area contributed by atoms with Gasteiger partial charge in [-0.1, -0.05) is 42.5 Å². The minimum absolute atomic E-state index is 0.0426. The fraction of sp³-hybridized carbons (Fsp3) is 0.424. The summed E-state index contributed by atoms with van der Waals surface area (Å²) in [6.07, 6.45) is -6.43. The van der Waals surface area contributed by atoms with Crippen LogP contribution in [0.2, 0.25) is 0 Å². The number of rotatable bonds is 5. The number of nitrogens with zero attached hydrogens (tertiary/aromatic N) is 2. The highest BCUT2D eigenvalue weighted by molar-refractivity contribution is 5.82. The van der Waals surface area contributed by atoms with Crippen molar-refractivity contribution in [3.63, 3.8) is 0 Å². The van der Waals surface area contributed by atoms with Crippen LogP contribution < -0.4 is 5.56 Å². The number of nitrogens with one attached hydrogen (secondary N) is 1. The number of benzene rings is 2. The second-order valence-electron chi connectivity index (χ2n) is 12.1. The number of alkyl halides is 6. The molecule has 1 fully saturated rings. The number of aromatic amines is 1. The van der Waals surface area contributed by atoms with Gasteiger partial charge in [-0.2, -0.15) is 26.3 Å². The predicted molar refractivity (Wildman–Crippen MR) is 153 cm³/mol. The lowest BCUT2D eigenvalue weighted by Gasteiger charge is -2.25. The Bertz CT molecular complexity index is 1710. The average Bonchev–Trinajstić information content (AvgIpc) is 3.85. The Morgan fingerprint density at radius 1 is 1.04 bits per heavy atom. The van der Waals surface area contributed by atoms with E-state index in [0.29, 0.717) is 30.8 Å². The first kappa shape index (κ1) is 31.1. The number of carbonyl (C=O) groups is 1. The van der Waals surface area contributed by atoms with Crippen molar-refractivity contribution in [3.8, 4) is 0 Å². The molecule has 2 atom stereocenters. The monoisotopic (exact) mass is 631 g/mol. The number of amides is 1. The molecule has 238 valence electrons. The third-order valence-electron chi connectivity index (χ3n) is 9.23. The molecule has 0 bridgehead atoms. The first-order chi connectivity index (χ1) is 21.3. The molecule has 0 saturated heterocycles. The molecule has 1 amide bonds. The molecule has 2 N–H and O–H groups in total. The van der Waals surface area contributed by atoms with Gasteiger partial charge in [0.2, 0.25) is 0 Å². The van der Waals surface area contributed by atoms with Crippen LogP contribution in [0, 0.1) is 5.92 Å². The van der Waals surface area contributed by atoms with Gasteiger partial charge in [0, 0.05) is 6.54 Å². The lowest BCUT2D eigenvalue weighted by atomic mass is 9.84. The first-order valence-electron chi connectivity index (χ1n) is 14.9. The third-order valence-corrected chi connectivity index (χ3v) is 9.23. The molecule has 12 heteroatoms. The Kier molecular flexibility index (Phi) is 7.91. The molecule has 1 unspecified atom stereocenters. The third kappa shape index (κ3) is 6.16. The van der Waals surface area contributed by atoms with Crippen molar-refractivity contribution in [1.29, 1.82) is 0 Å². The Balaban J connectivity index is 1.23. The van der Waals surface area contributed by atoms with E-state index in [4.69, 9.17) is 4.98 Å². The summed E-state index contributed by atoms with van der Waals surface area (Å²) in [5, 5.41) is 10.7. The molecule has 6 rings (SSSR count). The first-order valence-corrected chi connectivity index (χ1v) is 14.9. The van der Waals surface area contributed by atoms with Crippen molar-refractivity contribution in [1.82, 2.24) is 14.9 Å². The van der Waals surface area contributed by atoms with Crippen molar-refractivity contribution in [2.75, 3.05) is 6.54 Å². The molecule has 2 heterocycles. The Morgan fingerprint density at radius 3 is 2.47 bits per heavy atom. The molecule has 2 aliphatic carbocycles. The van der Waals surface area contributed by atoms with E-state index >= 15 is 0 Å². The van der Waals surface area contributed by atoms with Crippen LogP contribution in [-0.2, 0) is 29.4 Å². The number of aliphatic hydroxyl groups is 1. The molecule has 0 spiro atoms. The minimum Gasteiger partial charge on any atom is -0.378 e. The van der Waals surface area contributed by atoms with Crippen LogP contribution in [0.25, 0.3) is 5.57 Å². The number of hydrogen-bond donors (Lipinski definition) is 2. The second kappa shape index (κ2) is 11.5. The standard InChI is InChI=1S/C33H31F6N3O3/c34-32(35,36)22-11-9-19(10-12-22)20-4-1-6-23(16-20)31(13-14-31)30-40-26-8-3-15-42(18-25(26)28(44)41-30)29(45)27(43)21-5-2-7-24(17-21)33(37,38)39/h1-2,4-7,9,16-17,22,27,43H,3,8,10-15,18H2,(H,40,41,44)/t22?,27-/m1/s1. The van der Waals surface area contributed by atoms with Gasteiger partial charge in [-0.05, 0) is 79.3 Å². The van der Waals surface area contributed by atoms with E-state index < -0.39 is 46.8 Å². The number of aromatic nitrogens is 2. The van der Waals surface area contributed by atoms with Crippen LogP contribution in [0.3, 0.4) is 0 Å². The summed E-state index contributed by atoms with van der Waals surface area (Å²) in [5.41, 5.74) is 1.27. The summed E-state index contributed by atoms with van der Waals surface area (Å²) in [5.74, 6) is -1.65. The maximum absolute atomic E-state index is 13.4. The van der Waals surface area contributed by atoms with Crippen molar-refractivity contribution >= 4 is 11.5 Å². The zero-order valence-corrected chi connectivity index (χ0v) is 24.1. The molecular formula is C33H31F6N3O3. The van der Waals surface area contributed by atoms with Crippen molar-refractivity contribution in [2.24, 2.45) is 5.92 Å². The normalized spacial score (nSPS) is 20.6. The fourth-order valence-electron chi connectivity index (χ4n) is 6.43. The van der Waals surface area contributed by atoms with E-state index in [1.54, 1.807) is 6.08 Å². The highest BCUT2D eigenvalue weighted by Gasteiger charge is 2.49. The van der Waals surface area contributed by atoms with E-state index in [1.165, 1.54) is 11.0 Å². The van der Waals surface area contributed by atoms with Gasteiger partial charge in [0.05, 0.1) is 34.7 Å². The zero-order valence-electron chi connectivity index (χ0n) is 24.1. The molecule has 0 radical (unpaired) electrons.